The zero-order valence-corrected chi connectivity index (χ0v) is 18.0. The molecule has 0 unspecified atom stereocenters. The van der Waals surface area contributed by atoms with Crippen molar-refractivity contribution in [1.29, 1.82) is 0 Å². The Morgan fingerprint density at radius 2 is 1.67 bits per heavy atom. The average molecular weight is 419 g/mol. The summed E-state index contributed by atoms with van der Waals surface area (Å²) in [6.45, 7) is 0. The van der Waals surface area contributed by atoms with Gasteiger partial charge in [-0.3, -0.25) is 4.79 Å². The van der Waals surface area contributed by atoms with E-state index >= 15 is 0 Å². The SMILES string of the molecule is COc1ccc(C(=O)CSc2ccc(-c3ccc(C4CCCCC4)cc3)nn2)cc1. The summed E-state index contributed by atoms with van der Waals surface area (Å²) in [6.07, 6.45) is 6.68. The summed E-state index contributed by atoms with van der Waals surface area (Å²) < 4.78 is 5.13. The molecule has 0 bridgehead atoms. The van der Waals surface area contributed by atoms with Crippen LogP contribution in [0.2, 0.25) is 0 Å². The zero-order valence-electron chi connectivity index (χ0n) is 17.2. The highest BCUT2D eigenvalue weighted by molar-refractivity contribution is 7.99. The van der Waals surface area contributed by atoms with E-state index in [1.807, 2.05) is 12.1 Å². The number of aromatic nitrogens is 2. The van der Waals surface area contributed by atoms with E-state index in [-0.39, 0.29) is 5.78 Å². The molecule has 1 aliphatic rings. The topological polar surface area (TPSA) is 52.1 Å². The van der Waals surface area contributed by atoms with Gasteiger partial charge in [-0.15, -0.1) is 10.2 Å². The van der Waals surface area contributed by atoms with Crippen LogP contribution in [0.25, 0.3) is 11.3 Å². The van der Waals surface area contributed by atoms with Crippen molar-refractivity contribution in [1.82, 2.24) is 10.2 Å². The predicted octanol–water partition coefficient (Wildman–Crippen LogP) is 6.17. The molecule has 0 amide bonds. The summed E-state index contributed by atoms with van der Waals surface area (Å²) in [5.41, 5.74) is 4.05. The van der Waals surface area contributed by atoms with Crippen LogP contribution in [0.5, 0.6) is 5.75 Å². The van der Waals surface area contributed by atoms with Crippen LogP contribution in [0.4, 0.5) is 0 Å². The maximum absolute atomic E-state index is 12.4. The van der Waals surface area contributed by atoms with Crippen LogP contribution in [-0.4, -0.2) is 28.8 Å². The number of methoxy groups -OCH3 is 1. The first-order valence-corrected chi connectivity index (χ1v) is 11.5. The first kappa shape index (κ1) is 20.6. The summed E-state index contributed by atoms with van der Waals surface area (Å²) in [7, 11) is 1.61. The van der Waals surface area contributed by atoms with E-state index in [2.05, 4.69) is 34.5 Å². The van der Waals surface area contributed by atoms with Crippen molar-refractivity contribution in [2.75, 3.05) is 12.9 Å². The highest BCUT2D eigenvalue weighted by Gasteiger charge is 2.15. The van der Waals surface area contributed by atoms with Crippen molar-refractivity contribution in [2.24, 2.45) is 0 Å². The second-order valence-electron chi connectivity index (χ2n) is 7.65. The maximum atomic E-state index is 12.4. The van der Waals surface area contributed by atoms with Crippen molar-refractivity contribution < 1.29 is 9.53 Å². The van der Waals surface area contributed by atoms with Gasteiger partial charge in [0.15, 0.2) is 5.78 Å². The Bertz CT molecular complexity index is 964. The van der Waals surface area contributed by atoms with Crippen molar-refractivity contribution in [3.8, 4) is 17.0 Å². The lowest BCUT2D eigenvalue weighted by Gasteiger charge is -2.22. The van der Waals surface area contributed by atoms with E-state index in [9.17, 15) is 4.79 Å². The molecule has 1 heterocycles. The molecule has 0 saturated heterocycles. The van der Waals surface area contributed by atoms with Gasteiger partial charge in [0.2, 0.25) is 0 Å². The largest absolute Gasteiger partial charge is 0.497 e. The van der Waals surface area contributed by atoms with Gasteiger partial charge in [-0.1, -0.05) is 55.3 Å². The Labute approximate surface area is 182 Å². The second kappa shape index (κ2) is 9.90. The van der Waals surface area contributed by atoms with Gasteiger partial charge in [-0.25, -0.2) is 0 Å². The van der Waals surface area contributed by atoms with Gasteiger partial charge < -0.3 is 4.74 Å². The van der Waals surface area contributed by atoms with Crippen molar-refractivity contribution in [3.63, 3.8) is 0 Å². The second-order valence-corrected chi connectivity index (χ2v) is 8.65. The average Bonchev–Trinajstić information content (AvgIpc) is 2.83. The molecule has 4 rings (SSSR count). The Morgan fingerprint density at radius 3 is 2.30 bits per heavy atom. The molecule has 30 heavy (non-hydrogen) atoms. The molecule has 0 N–H and O–H groups in total. The normalized spacial score (nSPS) is 14.4. The third-order valence-corrected chi connectivity index (χ3v) is 6.61. The van der Waals surface area contributed by atoms with Gasteiger partial charge in [0, 0.05) is 11.1 Å². The first-order valence-electron chi connectivity index (χ1n) is 10.5. The Kier molecular flexibility index (Phi) is 6.80. The molecular weight excluding hydrogens is 392 g/mol. The van der Waals surface area contributed by atoms with Crippen LogP contribution in [0, 0.1) is 0 Å². The highest BCUT2D eigenvalue weighted by atomic mass is 32.2. The molecule has 1 aromatic heterocycles. The molecule has 0 aliphatic heterocycles. The first-order chi connectivity index (χ1) is 14.7. The molecule has 3 aromatic rings. The Balaban J connectivity index is 1.34. The number of benzene rings is 2. The number of carbonyl (C=O) groups is 1. The monoisotopic (exact) mass is 418 g/mol. The predicted molar refractivity (Wildman–Crippen MR) is 121 cm³/mol. The number of hydrogen-bond acceptors (Lipinski definition) is 5. The summed E-state index contributed by atoms with van der Waals surface area (Å²) in [4.78, 5) is 12.4. The number of hydrogen-bond donors (Lipinski definition) is 0. The van der Waals surface area contributed by atoms with Gasteiger partial charge in [0.05, 0.1) is 18.6 Å². The molecule has 154 valence electrons. The van der Waals surface area contributed by atoms with Gasteiger partial charge in [-0.2, -0.15) is 0 Å². The molecule has 1 aliphatic carbocycles. The lowest BCUT2D eigenvalue weighted by Crippen LogP contribution is -2.04. The van der Waals surface area contributed by atoms with Gasteiger partial charge in [-0.05, 0) is 60.7 Å². The number of ketones is 1. The number of thioether (sulfide) groups is 1. The molecule has 0 atom stereocenters. The number of nitrogens with zero attached hydrogens (tertiary/aromatic N) is 2. The molecule has 1 saturated carbocycles. The smallest absolute Gasteiger partial charge is 0.173 e. The molecule has 0 radical (unpaired) electrons. The van der Waals surface area contributed by atoms with E-state index in [1.54, 1.807) is 31.4 Å². The standard InChI is InChI=1S/C25H26N2O2S/c1-29-22-13-11-21(12-14-22)24(28)17-30-25-16-15-23(26-27-25)20-9-7-19(8-10-20)18-5-3-2-4-6-18/h7-16,18H,2-6,17H2,1H3. The maximum Gasteiger partial charge on any atom is 0.173 e. The van der Waals surface area contributed by atoms with Crippen LogP contribution in [0.3, 0.4) is 0 Å². The Morgan fingerprint density at radius 1 is 0.933 bits per heavy atom. The third kappa shape index (κ3) is 5.08. The molecule has 4 nitrogen and oxygen atoms in total. The third-order valence-electron chi connectivity index (χ3n) is 5.69. The fraction of sp³-hybridized carbons (Fsp3) is 0.320. The fourth-order valence-electron chi connectivity index (χ4n) is 3.91. The van der Waals surface area contributed by atoms with Gasteiger partial charge in [0.1, 0.15) is 10.8 Å². The quantitative estimate of drug-likeness (QED) is 0.339. The molecule has 0 spiro atoms. The van der Waals surface area contributed by atoms with Crippen LogP contribution >= 0.6 is 11.8 Å². The van der Waals surface area contributed by atoms with Crippen LogP contribution in [0.15, 0.2) is 65.7 Å². The van der Waals surface area contributed by atoms with Gasteiger partial charge >= 0.3 is 0 Å². The van der Waals surface area contributed by atoms with Crippen LogP contribution in [0.1, 0.15) is 53.9 Å². The summed E-state index contributed by atoms with van der Waals surface area (Å²) in [5.74, 6) is 1.84. The van der Waals surface area contributed by atoms with Gasteiger partial charge in [0.25, 0.3) is 0 Å². The molecule has 5 heteroatoms. The summed E-state index contributed by atoms with van der Waals surface area (Å²) in [6, 6.07) is 19.8. The number of carbonyl (C=O) groups excluding carboxylic acids is 1. The van der Waals surface area contributed by atoms with Crippen molar-refractivity contribution >= 4 is 17.5 Å². The highest BCUT2D eigenvalue weighted by Crippen LogP contribution is 2.33. The van der Waals surface area contributed by atoms with E-state index in [4.69, 9.17) is 4.74 Å². The number of rotatable bonds is 7. The summed E-state index contributed by atoms with van der Waals surface area (Å²) in [5, 5.41) is 9.42. The molecule has 2 aromatic carbocycles. The number of Topliss-reactive ketones (excluding diaryl/α,β-unsaturated/α-hetero) is 1. The van der Waals surface area contributed by atoms with Crippen LogP contribution < -0.4 is 4.74 Å². The van der Waals surface area contributed by atoms with Crippen molar-refractivity contribution in [3.05, 3.63) is 71.8 Å². The van der Waals surface area contributed by atoms with E-state index in [1.165, 1.54) is 49.4 Å². The van der Waals surface area contributed by atoms with E-state index in [0.717, 1.165) is 22.0 Å². The van der Waals surface area contributed by atoms with E-state index in [0.29, 0.717) is 17.2 Å². The lowest BCUT2D eigenvalue weighted by molar-refractivity contribution is 0.102. The Hall–Kier alpha value is -2.66. The van der Waals surface area contributed by atoms with Crippen LogP contribution in [-0.2, 0) is 0 Å². The zero-order chi connectivity index (χ0) is 20.8. The lowest BCUT2D eigenvalue weighted by atomic mass is 9.84. The minimum absolute atomic E-state index is 0.0619. The fourth-order valence-corrected chi connectivity index (χ4v) is 4.62. The van der Waals surface area contributed by atoms with Crippen molar-refractivity contribution in [2.45, 2.75) is 43.0 Å². The molecular formula is C25H26N2O2S. The minimum atomic E-state index is 0.0619. The minimum Gasteiger partial charge on any atom is -0.497 e. The molecule has 1 fully saturated rings. The number of ether oxygens (including phenoxy) is 1. The van der Waals surface area contributed by atoms with E-state index < -0.39 is 0 Å². The summed E-state index contributed by atoms with van der Waals surface area (Å²) >= 11 is 1.40.